The zero-order valence-electron chi connectivity index (χ0n) is 10.7. The number of hydrogen-bond acceptors (Lipinski definition) is 3. The van der Waals surface area contributed by atoms with E-state index >= 15 is 0 Å². The number of pyridine rings is 1. The minimum Gasteiger partial charge on any atom is -0.471 e. The fraction of sp³-hybridized carbons (Fsp3) is 0.583. The van der Waals surface area contributed by atoms with Crippen molar-refractivity contribution in [3.8, 4) is 5.88 Å². The molecule has 0 atom stereocenters. The highest BCUT2D eigenvalue weighted by atomic mass is 19.3. The zero-order valence-corrected chi connectivity index (χ0v) is 10.7. The molecule has 0 radical (unpaired) electrons. The summed E-state index contributed by atoms with van der Waals surface area (Å²) in [5.74, 6) is -4.24. The Labute approximate surface area is 109 Å². The largest absolute Gasteiger partial charge is 0.471 e. The van der Waals surface area contributed by atoms with Crippen LogP contribution in [0.15, 0.2) is 12.1 Å². The molecule has 0 amide bonds. The molecule has 0 aliphatic rings. The Morgan fingerprint density at radius 1 is 1.37 bits per heavy atom. The molecule has 108 valence electrons. The molecule has 1 N–H and O–H groups in total. The van der Waals surface area contributed by atoms with Gasteiger partial charge in [-0.3, -0.25) is 0 Å². The summed E-state index contributed by atoms with van der Waals surface area (Å²) in [6.45, 7) is 0.976. The van der Waals surface area contributed by atoms with Gasteiger partial charge in [0, 0.05) is 18.3 Å². The van der Waals surface area contributed by atoms with E-state index in [4.69, 9.17) is 4.74 Å². The van der Waals surface area contributed by atoms with Crippen molar-refractivity contribution in [1.29, 1.82) is 0 Å². The molecular weight excluding hydrogens is 264 g/mol. The monoisotopic (exact) mass is 280 g/mol. The summed E-state index contributed by atoms with van der Waals surface area (Å²) in [5, 5.41) is 2.90. The Morgan fingerprint density at radius 2 is 2.05 bits per heavy atom. The highest BCUT2D eigenvalue weighted by molar-refractivity contribution is 5.25. The molecule has 0 aliphatic heterocycles. The Morgan fingerprint density at radius 3 is 2.58 bits per heavy atom. The summed E-state index contributed by atoms with van der Waals surface area (Å²) in [4.78, 5) is 3.97. The van der Waals surface area contributed by atoms with Crippen LogP contribution < -0.4 is 10.1 Å². The summed E-state index contributed by atoms with van der Waals surface area (Å²) in [7, 11) is 1.73. The molecule has 1 heterocycles. The van der Waals surface area contributed by atoms with Crippen LogP contribution in [0.5, 0.6) is 5.88 Å². The topological polar surface area (TPSA) is 34.1 Å². The van der Waals surface area contributed by atoms with Crippen LogP contribution in [0.2, 0.25) is 0 Å². The number of hydrogen-bond donors (Lipinski definition) is 1. The number of alkyl halides is 4. The number of ether oxygens (including phenoxy) is 1. The fourth-order valence-electron chi connectivity index (χ4n) is 1.41. The molecule has 7 heteroatoms. The number of nitrogens with zero attached hydrogens (tertiary/aromatic N) is 1. The average molecular weight is 280 g/mol. The smallest absolute Gasteiger partial charge is 0.340 e. The maximum atomic E-state index is 12.7. The average Bonchev–Trinajstić information content (AvgIpc) is 2.36. The van der Waals surface area contributed by atoms with Gasteiger partial charge in [-0.05, 0) is 25.1 Å². The van der Waals surface area contributed by atoms with Gasteiger partial charge in [0.2, 0.25) is 5.88 Å². The lowest BCUT2D eigenvalue weighted by Gasteiger charge is -2.16. The molecule has 0 saturated heterocycles. The van der Waals surface area contributed by atoms with Crippen LogP contribution >= 0.6 is 0 Å². The summed E-state index contributed by atoms with van der Waals surface area (Å²) >= 11 is 0. The van der Waals surface area contributed by atoms with Crippen molar-refractivity contribution in [2.75, 3.05) is 13.7 Å². The van der Waals surface area contributed by atoms with Gasteiger partial charge < -0.3 is 10.1 Å². The molecule has 3 nitrogen and oxygen atoms in total. The minimum atomic E-state index is -4.17. The Kier molecular flexibility index (Phi) is 5.53. The summed E-state index contributed by atoms with van der Waals surface area (Å²) in [6, 6.07) is 3.26. The quantitative estimate of drug-likeness (QED) is 0.780. The van der Waals surface area contributed by atoms with E-state index in [0.717, 1.165) is 5.56 Å². The number of aromatic nitrogens is 1. The van der Waals surface area contributed by atoms with Crippen LogP contribution in [-0.2, 0) is 13.0 Å². The van der Waals surface area contributed by atoms with Crippen molar-refractivity contribution in [3.05, 3.63) is 23.4 Å². The molecule has 0 bridgehead atoms. The van der Waals surface area contributed by atoms with E-state index in [1.165, 1.54) is 6.07 Å². The third-order valence-corrected chi connectivity index (χ3v) is 2.39. The lowest BCUT2D eigenvalue weighted by atomic mass is 10.2. The van der Waals surface area contributed by atoms with Gasteiger partial charge in [0.25, 0.3) is 0 Å². The summed E-state index contributed by atoms with van der Waals surface area (Å²) in [6.07, 6.45) is -3.15. The second-order valence-corrected chi connectivity index (χ2v) is 4.04. The lowest BCUT2D eigenvalue weighted by molar-refractivity contribution is -0.148. The third kappa shape index (κ3) is 4.66. The molecule has 0 saturated carbocycles. The van der Waals surface area contributed by atoms with Gasteiger partial charge in [0.15, 0.2) is 6.61 Å². The molecule has 1 aromatic rings. The Bertz CT molecular complexity index is 413. The zero-order chi connectivity index (χ0) is 14.5. The molecular formula is C12H16F4N2O. The van der Waals surface area contributed by atoms with Gasteiger partial charge in [-0.25, -0.2) is 13.8 Å². The van der Waals surface area contributed by atoms with E-state index in [9.17, 15) is 17.6 Å². The first kappa shape index (κ1) is 15.7. The van der Waals surface area contributed by atoms with Crippen molar-refractivity contribution in [1.82, 2.24) is 10.3 Å². The van der Waals surface area contributed by atoms with Crippen LogP contribution in [0.1, 0.15) is 18.2 Å². The highest BCUT2D eigenvalue weighted by Gasteiger charge is 2.41. The molecule has 1 rings (SSSR count). The second-order valence-electron chi connectivity index (χ2n) is 4.04. The van der Waals surface area contributed by atoms with Gasteiger partial charge >= 0.3 is 12.3 Å². The van der Waals surface area contributed by atoms with Gasteiger partial charge in [0.05, 0.1) is 0 Å². The number of aryl methyl sites for hydroxylation is 1. The van der Waals surface area contributed by atoms with Crippen molar-refractivity contribution in [3.63, 3.8) is 0 Å². The third-order valence-electron chi connectivity index (χ3n) is 2.39. The van der Waals surface area contributed by atoms with Crippen LogP contribution in [0.4, 0.5) is 17.6 Å². The molecule has 1 aromatic heterocycles. The Balaban J connectivity index is 2.80. The first-order valence-electron chi connectivity index (χ1n) is 5.82. The van der Waals surface area contributed by atoms with E-state index in [1.54, 1.807) is 13.1 Å². The fourth-order valence-corrected chi connectivity index (χ4v) is 1.41. The van der Waals surface area contributed by atoms with E-state index < -0.39 is 19.0 Å². The molecule has 0 unspecified atom stereocenters. The lowest BCUT2D eigenvalue weighted by Crippen LogP contribution is -2.34. The van der Waals surface area contributed by atoms with Crippen LogP contribution in [-0.4, -0.2) is 31.0 Å². The Hall–Kier alpha value is -1.37. The summed E-state index contributed by atoms with van der Waals surface area (Å²) < 4.78 is 54.2. The minimum absolute atomic E-state index is 0.0649. The van der Waals surface area contributed by atoms with Gasteiger partial charge in [-0.2, -0.15) is 8.78 Å². The highest BCUT2D eigenvalue weighted by Crippen LogP contribution is 2.24. The summed E-state index contributed by atoms with van der Waals surface area (Å²) in [5.41, 5.74) is 1.45. The maximum Gasteiger partial charge on any atom is 0.340 e. The van der Waals surface area contributed by atoms with Gasteiger partial charge in [-0.15, -0.1) is 0 Å². The molecule has 0 aromatic carbocycles. The van der Waals surface area contributed by atoms with Crippen LogP contribution in [0.3, 0.4) is 0 Å². The van der Waals surface area contributed by atoms with Gasteiger partial charge in [0.1, 0.15) is 0 Å². The van der Waals surface area contributed by atoms with E-state index in [0.29, 0.717) is 18.7 Å². The van der Waals surface area contributed by atoms with Crippen molar-refractivity contribution in [2.24, 2.45) is 0 Å². The molecule has 0 spiro atoms. The predicted octanol–water partition coefficient (Wildman–Crippen LogP) is 2.64. The standard InChI is InChI=1S/C12H16F4N2O/c1-3-9-4-8(6-17-2)5-10(18-9)19-7-12(15,16)11(13)14/h4-5,11,17H,3,6-7H2,1-2H3. The normalized spacial score (nSPS) is 11.9. The van der Waals surface area contributed by atoms with E-state index in [2.05, 4.69) is 10.3 Å². The second kappa shape index (κ2) is 6.70. The first-order chi connectivity index (χ1) is 8.89. The molecule has 0 aliphatic carbocycles. The number of nitrogens with one attached hydrogen (secondary N) is 1. The maximum absolute atomic E-state index is 12.7. The van der Waals surface area contributed by atoms with Crippen LogP contribution in [0.25, 0.3) is 0 Å². The number of halogens is 4. The van der Waals surface area contributed by atoms with Crippen molar-refractivity contribution in [2.45, 2.75) is 32.2 Å². The molecule has 0 fully saturated rings. The van der Waals surface area contributed by atoms with Crippen LogP contribution in [0, 0.1) is 0 Å². The van der Waals surface area contributed by atoms with Gasteiger partial charge in [-0.1, -0.05) is 6.92 Å². The molecule has 19 heavy (non-hydrogen) atoms. The van der Waals surface area contributed by atoms with E-state index in [1.807, 2.05) is 6.92 Å². The predicted molar refractivity (Wildman–Crippen MR) is 62.8 cm³/mol. The van der Waals surface area contributed by atoms with Crippen molar-refractivity contribution < 1.29 is 22.3 Å². The van der Waals surface area contributed by atoms with E-state index in [-0.39, 0.29) is 5.88 Å². The first-order valence-corrected chi connectivity index (χ1v) is 5.82. The van der Waals surface area contributed by atoms with Crippen molar-refractivity contribution >= 4 is 0 Å². The SMILES string of the molecule is CCc1cc(CNC)cc(OCC(F)(F)C(F)F)n1. The number of rotatable bonds is 7.